The Balaban J connectivity index is 2.22. The first kappa shape index (κ1) is 16.8. The van der Waals surface area contributed by atoms with Crippen LogP contribution in [0.4, 0.5) is 0 Å². The minimum atomic E-state index is -1.12. The van der Waals surface area contributed by atoms with Gasteiger partial charge in [-0.15, -0.1) is 10.2 Å². The van der Waals surface area contributed by atoms with Crippen molar-refractivity contribution >= 4 is 11.6 Å². The maximum atomic E-state index is 11.3. The summed E-state index contributed by atoms with van der Waals surface area (Å²) in [5.41, 5.74) is -1.53. The van der Waals surface area contributed by atoms with E-state index >= 15 is 0 Å². The fourth-order valence-electron chi connectivity index (χ4n) is 2.41. The van der Waals surface area contributed by atoms with Crippen LogP contribution in [-0.4, -0.2) is 32.0 Å². The minimum absolute atomic E-state index is 0.325. The van der Waals surface area contributed by atoms with Gasteiger partial charge in [0.25, 0.3) is 0 Å². The van der Waals surface area contributed by atoms with Crippen molar-refractivity contribution in [2.75, 3.05) is 0 Å². The summed E-state index contributed by atoms with van der Waals surface area (Å²) >= 11 is 5.88. The summed E-state index contributed by atoms with van der Waals surface area (Å²) in [5.74, 6) is 1.29. The van der Waals surface area contributed by atoms with E-state index in [-0.39, 0.29) is 0 Å². The van der Waals surface area contributed by atoms with Crippen LogP contribution in [0.5, 0.6) is 5.75 Å². The third-order valence-corrected chi connectivity index (χ3v) is 4.25. The van der Waals surface area contributed by atoms with Gasteiger partial charge >= 0.3 is 0 Å². The number of nitrogens with one attached hydrogen (secondary N) is 1. The van der Waals surface area contributed by atoms with Gasteiger partial charge in [0.1, 0.15) is 29.6 Å². The van der Waals surface area contributed by atoms with Crippen molar-refractivity contribution in [3.8, 4) is 5.75 Å². The normalized spacial score (nSPS) is 16.1. The Kier molecular flexibility index (Phi) is 4.78. The lowest BCUT2D eigenvalue weighted by Gasteiger charge is -2.43. The van der Waals surface area contributed by atoms with Crippen LogP contribution in [0.25, 0.3) is 0 Å². The van der Waals surface area contributed by atoms with E-state index in [4.69, 9.17) is 16.3 Å². The van der Waals surface area contributed by atoms with Gasteiger partial charge in [0.15, 0.2) is 0 Å². The molecular weight excluding hydrogens is 302 g/mol. The van der Waals surface area contributed by atoms with E-state index in [0.717, 1.165) is 0 Å². The van der Waals surface area contributed by atoms with Gasteiger partial charge in [-0.3, -0.25) is 0 Å². The summed E-state index contributed by atoms with van der Waals surface area (Å²) in [6, 6.07) is 7.10. The molecule has 0 aliphatic rings. The highest BCUT2D eigenvalue weighted by Gasteiger charge is 2.47. The van der Waals surface area contributed by atoms with Crippen LogP contribution >= 0.6 is 11.6 Å². The number of hydrogen-bond acceptors (Lipinski definition) is 4. The van der Waals surface area contributed by atoms with Gasteiger partial charge in [-0.25, -0.2) is 0 Å². The summed E-state index contributed by atoms with van der Waals surface area (Å²) in [7, 11) is 0. The van der Waals surface area contributed by atoms with Gasteiger partial charge in [-0.05, 0) is 36.6 Å². The fraction of sp³-hybridized carbons (Fsp3) is 0.500. The molecule has 2 unspecified atom stereocenters. The van der Waals surface area contributed by atoms with Crippen molar-refractivity contribution in [1.82, 2.24) is 15.2 Å². The van der Waals surface area contributed by atoms with E-state index in [9.17, 15) is 5.11 Å². The zero-order valence-electron chi connectivity index (χ0n) is 13.3. The molecule has 0 saturated heterocycles. The first-order valence-electron chi connectivity index (χ1n) is 7.22. The summed E-state index contributed by atoms with van der Waals surface area (Å²) in [6.45, 7) is 7.79. The molecular formula is C16H22ClN3O2. The molecule has 0 fully saturated rings. The van der Waals surface area contributed by atoms with Crippen LogP contribution in [-0.2, 0) is 6.42 Å². The predicted molar refractivity (Wildman–Crippen MR) is 86.0 cm³/mol. The topological polar surface area (TPSA) is 71.0 Å². The first-order valence-corrected chi connectivity index (χ1v) is 7.60. The lowest BCUT2D eigenvalue weighted by molar-refractivity contribution is -0.126. The van der Waals surface area contributed by atoms with Gasteiger partial charge in [-0.1, -0.05) is 32.4 Å². The van der Waals surface area contributed by atoms with E-state index in [1.165, 1.54) is 6.33 Å². The lowest BCUT2D eigenvalue weighted by atomic mass is 9.71. The SMILES string of the molecule is CC(Oc1ccc(Cl)cc1)C(O)(Cc1nnc[nH]1)C(C)(C)C. The molecule has 0 radical (unpaired) electrons. The van der Waals surface area contributed by atoms with Crippen molar-refractivity contribution in [1.29, 1.82) is 0 Å². The van der Waals surface area contributed by atoms with Crippen molar-refractivity contribution in [2.45, 2.75) is 45.8 Å². The maximum Gasteiger partial charge on any atom is 0.133 e. The second-order valence-electron chi connectivity index (χ2n) is 6.50. The number of rotatable bonds is 5. The Morgan fingerprint density at radius 1 is 1.27 bits per heavy atom. The first-order chi connectivity index (χ1) is 10.2. The zero-order chi connectivity index (χ0) is 16.4. The molecule has 2 aromatic rings. The van der Waals surface area contributed by atoms with Crippen LogP contribution in [0.1, 0.15) is 33.5 Å². The molecule has 0 amide bonds. The molecule has 1 heterocycles. The number of halogens is 1. The number of ether oxygens (including phenoxy) is 1. The number of H-pyrrole nitrogens is 1. The van der Waals surface area contributed by atoms with Gasteiger partial charge < -0.3 is 14.8 Å². The molecule has 2 atom stereocenters. The number of nitrogens with zero attached hydrogens (tertiary/aromatic N) is 2. The standard InChI is InChI=1S/C16H22ClN3O2/c1-11(22-13-7-5-12(17)6-8-13)16(21,15(2,3)4)9-14-18-10-19-20-14/h5-8,10-11,21H,9H2,1-4H3,(H,18,19,20). The smallest absolute Gasteiger partial charge is 0.133 e. The van der Waals surface area contributed by atoms with Gasteiger partial charge in [0, 0.05) is 11.4 Å². The maximum absolute atomic E-state index is 11.3. The zero-order valence-corrected chi connectivity index (χ0v) is 14.1. The number of aliphatic hydroxyl groups is 1. The second kappa shape index (κ2) is 6.26. The molecule has 1 aromatic carbocycles. The molecule has 0 saturated carbocycles. The van der Waals surface area contributed by atoms with E-state index < -0.39 is 17.1 Å². The van der Waals surface area contributed by atoms with E-state index in [2.05, 4.69) is 15.2 Å². The Morgan fingerprint density at radius 2 is 1.91 bits per heavy atom. The molecule has 2 rings (SSSR count). The van der Waals surface area contributed by atoms with Crippen LogP contribution in [0.2, 0.25) is 5.02 Å². The van der Waals surface area contributed by atoms with Crippen molar-refractivity contribution < 1.29 is 9.84 Å². The van der Waals surface area contributed by atoms with Crippen molar-refractivity contribution in [3.63, 3.8) is 0 Å². The van der Waals surface area contributed by atoms with Crippen LogP contribution in [0.3, 0.4) is 0 Å². The predicted octanol–water partition coefficient (Wildman–Crippen LogP) is 3.25. The quantitative estimate of drug-likeness (QED) is 0.886. The largest absolute Gasteiger partial charge is 0.488 e. The highest BCUT2D eigenvalue weighted by Crippen LogP contribution is 2.37. The highest BCUT2D eigenvalue weighted by atomic mass is 35.5. The fourth-order valence-corrected chi connectivity index (χ4v) is 2.53. The van der Waals surface area contributed by atoms with Gasteiger partial charge in [0.2, 0.25) is 0 Å². The van der Waals surface area contributed by atoms with Crippen molar-refractivity contribution in [3.05, 3.63) is 41.4 Å². The third kappa shape index (κ3) is 3.59. The Morgan fingerprint density at radius 3 is 2.41 bits per heavy atom. The van der Waals surface area contributed by atoms with Crippen LogP contribution in [0, 0.1) is 5.41 Å². The molecule has 5 nitrogen and oxygen atoms in total. The molecule has 0 spiro atoms. The molecule has 2 N–H and O–H groups in total. The van der Waals surface area contributed by atoms with Crippen LogP contribution < -0.4 is 4.74 Å². The lowest BCUT2D eigenvalue weighted by Crippen LogP contribution is -2.55. The Hall–Kier alpha value is -1.59. The summed E-state index contributed by atoms with van der Waals surface area (Å²) < 4.78 is 5.94. The average molecular weight is 324 g/mol. The third-order valence-electron chi connectivity index (χ3n) is 4.00. The monoisotopic (exact) mass is 323 g/mol. The molecule has 1 aromatic heterocycles. The molecule has 120 valence electrons. The van der Waals surface area contributed by atoms with Gasteiger partial charge in [-0.2, -0.15) is 0 Å². The minimum Gasteiger partial charge on any atom is -0.488 e. The summed E-state index contributed by atoms with van der Waals surface area (Å²) in [4.78, 5) is 2.94. The summed E-state index contributed by atoms with van der Waals surface area (Å²) in [5, 5.41) is 19.7. The molecule has 0 bridgehead atoms. The van der Waals surface area contributed by atoms with E-state index in [1.54, 1.807) is 24.3 Å². The van der Waals surface area contributed by atoms with Crippen molar-refractivity contribution in [2.24, 2.45) is 5.41 Å². The van der Waals surface area contributed by atoms with Crippen LogP contribution in [0.15, 0.2) is 30.6 Å². The number of aromatic amines is 1. The summed E-state index contributed by atoms with van der Waals surface area (Å²) in [6.07, 6.45) is 1.38. The number of aromatic nitrogens is 3. The Bertz CT molecular complexity index is 593. The molecule has 22 heavy (non-hydrogen) atoms. The molecule has 6 heteroatoms. The second-order valence-corrected chi connectivity index (χ2v) is 6.94. The van der Waals surface area contributed by atoms with Gasteiger partial charge in [0.05, 0.1) is 0 Å². The van der Waals surface area contributed by atoms with E-state index in [0.29, 0.717) is 23.0 Å². The molecule has 0 aliphatic heterocycles. The average Bonchev–Trinajstić information content (AvgIpc) is 2.92. The number of benzene rings is 1. The Labute approximate surface area is 135 Å². The highest BCUT2D eigenvalue weighted by molar-refractivity contribution is 6.30. The number of hydrogen-bond donors (Lipinski definition) is 2. The van der Waals surface area contributed by atoms with E-state index in [1.807, 2.05) is 27.7 Å². The molecule has 0 aliphatic carbocycles.